The fourth-order valence-corrected chi connectivity index (χ4v) is 9.50. The van der Waals surface area contributed by atoms with E-state index in [1.54, 1.807) is 0 Å². The summed E-state index contributed by atoms with van der Waals surface area (Å²) in [6.07, 6.45) is 7.95. The second-order valence-electron chi connectivity index (χ2n) is 21.5. The average Bonchev–Trinajstić information content (AvgIpc) is 3.95. The topological polar surface area (TPSA) is 35.9 Å². The van der Waals surface area contributed by atoms with Gasteiger partial charge in [-0.15, -0.1) is 35.2 Å². The molecule has 10 rings (SSSR count). The molecule has 0 saturated heterocycles. The Labute approximate surface area is 428 Å². The van der Waals surface area contributed by atoms with Crippen LogP contribution in [-0.4, -0.2) is 14.1 Å². The van der Waals surface area contributed by atoms with E-state index in [4.69, 9.17) is 9.72 Å². The number of pyridine rings is 1. The van der Waals surface area contributed by atoms with Gasteiger partial charge in [-0.05, 0) is 91.0 Å². The van der Waals surface area contributed by atoms with E-state index in [1.165, 1.54) is 27.8 Å². The molecule has 0 aliphatic heterocycles. The molecule has 0 radical (unpaired) electrons. The van der Waals surface area contributed by atoms with E-state index >= 15 is 0 Å². The second-order valence-corrected chi connectivity index (χ2v) is 21.5. The van der Waals surface area contributed by atoms with Crippen molar-refractivity contribution in [2.24, 2.45) is 0 Å². The van der Waals surface area contributed by atoms with E-state index in [9.17, 15) is 0 Å². The van der Waals surface area contributed by atoms with Crippen molar-refractivity contribution in [3.8, 4) is 39.8 Å². The van der Waals surface area contributed by atoms with E-state index in [0.29, 0.717) is 11.5 Å². The number of aromatic nitrogens is 4. The smallest absolute Gasteiger partial charge is 0.267 e. The molecule has 0 fully saturated rings. The van der Waals surface area contributed by atoms with Crippen LogP contribution in [-0.2, 0) is 42.7 Å². The quantitative estimate of drug-likeness (QED) is 0.101. The van der Waals surface area contributed by atoms with Crippen LogP contribution in [0.3, 0.4) is 0 Å². The number of nitrogens with zero attached hydrogens (tertiary/aromatic N) is 4. The van der Waals surface area contributed by atoms with Crippen molar-refractivity contribution in [3.05, 3.63) is 234 Å². The van der Waals surface area contributed by atoms with Gasteiger partial charge < -0.3 is 13.9 Å². The predicted molar refractivity (Wildman–Crippen MR) is 282 cm³/mol. The number of benzene rings is 7. The average molecular weight is 1100 g/mol. The van der Waals surface area contributed by atoms with Gasteiger partial charge in [0.05, 0.1) is 11.4 Å². The van der Waals surface area contributed by atoms with Crippen molar-refractivity contribution in [1.29, 1.82) is 0 Å². The van der Waals surface area contributed by atoms with E-state index in [0.717, 1.165) is 55.8 Å². The number of imidazole rings is 1. The third-order valence-electron chi connectivity index (χ3n) is 13.9. The van der Waals surface area contributed by atoms with Crippen LogP contribution in [0.1, 0.15) is 103 Å². The van der Waals surface area contributed by atoms with Gasteiger partial charge >= 0.3 is 0 Å². The largest absolute Gasteiger partial charge is 0.510 e. The van der Waals surface area contributed by atoms with Crippen molar-refractivity contribution in [2.45, 2.75) is 90.9 Å². The molecule has 0 unspecified atom stereocenters. The first-order valence-corrected chi connectivity index (χ1v) is 24.0. The van der Waals surface area contributed by atoms with Crippen LogP contribution >= 0.6 is 0 Å². The Bertz CT molecular complexity index is 3480. The molecule has 0 atom stereocenters. The molecule has 10 aromatic rings. The number of rotatable bonds is 10. The first-order chi connectivity index (χ1) is 32.9. The molecule has 5 nitrogen and oxygen atoms in total. The standard InChI is InChI=1S/C64H60N4O.Pt/c1-61(2,3)48-27-20-28-51(36-48)66-42-59(64(9,10)47-25-18-13-19-26-47)67(43-66)52-37-50(63(7,8)46-23-16-12-17-24-46)38-54(40-52)69-53-30-31-55-56-35-45(44-21-14-11-15-22-44)29-32-57(56)68(58(55)41-53)60-39-49(33-34-65-60)62(4,5)6;/h11-39,42H,1-10H3;/q-2;. The summed E-state index contributed by atoms with van der Waals surface area (Å²) >= 11 is 0. The van der Waals surface area contributed by atoms with Gasteiger partial charge in [0.25, 0.3) is 6.33 Å². The SMILES string of the molecule is CC(C)(C)c1cccc(-[n+]2[c-]n(-c3[c-]c(Oc4[c-]c5c(cc4)c4cc(-c6ccccc6)ccc4n5-c4cc(C(C)(C)C)ccn4)cc(C(C)(C)c4ccccc4)c3)c(C(C)(C)c3ccccc3)c2)c1.[Pt]. The molecule has 0 aliphatic carbocycles. The van der Waals surface area contributed by atoms with Crippen LogP contribution in [0, 0.1) is 18.5 Å². The van der Waals surface area contributed by atoms with Crippen molar-refractivity contribution in [1.82, 2.24) is 14.1 Å². The van der Waals surface area contributed by atoms with Crippen LogP contribution in [0.4, 0.5) is 0 Å². The van der Waals surface area contributed by atoms with Crippen LogP contribution in [0.5, 0.6) is 11.5 Å². The van der Waals surface area contributed by atoms with E-state index in [2.05, 4.69) is 271 Å². The molecular weight excluding hydrogens is 1040 g/mol. The van der Waals surface area contributed by atoms with Crippen LogP contribution in [0.2, 0.25) is 0 Å². The summed E-state index contributed by atoms with van der Waals surface area (Å²) in [7, 11) is 0. The molecule has 7 aromatic carbocycles. The normalized spacial score (nSPS) is 12.3. The van der Waals surface area contributed by atoms with Crippen molar-refractivity contribution >= 4 is 21.8 Å². The Morgan fingerprint density at radius 1 is 0.500 bits per heavy atom. The third kappa shape index (κ3) is 9.20. The van der Waals surface area contributed by atoms with E-state index in [-0.39, 0.29) is 31.9 Å². The molecule has 0 amide bonds. The minimum absolute atomic E-state index is 0. The minimum atomic E-state index is -0.421. The summed E-state index contributed by atoms with van der Waals surface area (Å²) in [5.41, 5.74) is 12.2. The summed E-state index contributed by atoms with van der Waals surface area (Å²) in [4.78, 5) is 4.98. The minimum Gasteiger partial charge on any atom is -0.510 e. The number of hydrogen-bond acceptors (Lipinski definition) is 2. The molecule has 3 heterocycles. The predicted octanol–water partition coefficient (Wildman–Crippen LogP) is 15.4. The van der Waals surface area contributed by atoms with Crippen LogP contribution in [0.25, 0.3) is 50.1 Å². The number of hydrogen-bond donors (Lipinski definition) is 0. The Morgan fingerprint density at radius 2 is 1.13 bits per heavy atom. The molecular formula is C64H60N4OPt-2. The van der Waals surface area contributed by atoms with Crippen molar-refractivity contribution in [3.63, 3.8) is 0 Å². The Hall–Kier alpha value is -6.81. The zero-order valence-electron chi connectivity index (χ0n) is 41.8. The maximum absolute atomic E-state index is 7.05. The first-order valence-electron chi connectivity index (χ1n) is 24.0. The Morgan fingerprint density at radius 3 is 1.80 bits per heavy atom. The molecule has 354 valence electrons. The summed E-state index contributed by atoms with van der Waals surface area (Å²) in [6.45, 7) is 22.6. The van der Waals surface area contributed by atoms with Crippen LogP contribution < -0.4 is 9.30 Å². The molecule has 0 spiro atoms. The molecule has 0 bridgehead atoms. The third-order valence-corrected chi connectivity index (χ3v) is 13.9. The van der Waals surface area contributed by atoms with E-state index in [1.807, 2.05) is 12.3 Å². The summed E-state index contributed by atoms with van der Waals surface area (Å²) in [5.74, 6) is 1.99. The van der Waals surface area contributed by atoms with Gasteiger partial charge in [-0.1, -0.05) is 190 Å². The second kappa shape index (κ2) is 18.5. The zero-order chi connectivity index (χ0) is 48.3. The molecule has 70 heavy (non-hydrogen) atoms. The molecule has 0 N–H and O–H groups in total. The maximum atomic E-state index is 7.05. The number of fused-ring (bicyclic) bond motifs is 3. The van der Waals surface area contributed by atoms with Gasteiger partial charge in [0, 0.05) is 55.9 Å². The van der Waals surface area contributed by atoms with Gasteiger partial charge in [-0.3, -0.25) is 4.57 Å². The number of ether oxygens (including phenoxy) is 1. The van der Waals surface area contributed by atoms with Gasteiger partial charge in [0.15, 0.2) is 0 Å². The fourth-order valence-electron chi connectivity index (χ4n) is 9.50. The molecule has 0 saturated carbocycles. The fraction of sp³-hybridized carbons (Fsp3) is 0.219. The molecule has 6 heteroatoms. The first kappa shape index (κ1) is 48.2. The summed E-state index contributed by atoms with van der Waals surface area (Å²) in [6, 6.07) is 67.8. The zero-order valence-corrected chi connectivity index (χ0v) is 44.1. The monoisotopic (exact) mass is 1100 g/mol. The summed E-state index contributed by atoms with van der Waals surface area (Å²) in [5, 5.41) is 2.19. The molecule has 0 aliphatic rings. The van der Waals surface area contributed by atoms with Crippen molar-refractivity contribution < 1.29 is 30.4 Å². The Balaban J connectivity index is 0.00000608. The van der Waals surface area contributed by atoms with Crippen LogP contribution in [0.15, 0.2) is 182 Å². The van der Waals surface area contributed by atoms with Gasteiger partial charge in [0.2, 0.25) is 0 Å². The maximum Gasteiger partial charge on any atom is 0.267 e. The van der Waals surface area contributed by atoms with Gasteiger partial charge in [-0.25, -0.2) is 4.98 Å². The Kier molecular flexibility index (Phi) is 12.7. The van der Waals surface area contributed by atoms with Gasteiger partial charge in [-0.2, -0.15) is 12.1 Å². The molecule has 3 aromatic heterocycles. The van der Waals surface area contributed by atoms with Crippen molar-refractivity contribution in [2.75, 3.05) is 0 Å². The van der Waals surface area contributed by atoms with E-state index < -0.39 is 10.8 Å². The van der Waals surface area contributed by atoms with Gasteiger partial charge in [0.1, 0.15) is 5.82 Å². The summed E-state index contributed by atoms with van der Waals surface area (Å²) < 4.78 is 13.6.